The molecule has 0 aromatic rings. The van der Waals surface area contributed by atoms with Gasteiger partial charge in [0.25, 0.3) is 0 Å². The first-order chi connectivity index (χ1) is 7.77. The first kappa shape index (κ1) is 12.3. The van der Waals surface area contributed by atoms with Crippen molar-refractivity contribution in [1.29, 1.82) is 0 Å². The van der Waals surface area contributed by atoms with Gasteiger partial charge in [-0.1, -0.05) is 56.0 Å². The van der Waals surface area contributed by atoms with Crippen LogP contribution in [-0.4, -0.2) is 0 Å². The van der Waals surface area contributed by atoms with Gasteiger partial charge in [0.15, 0.2) is 0 Å². The van der Waals surface area contributed by atoms with Crippen LogP contribution in [0.2, 0.25) is 0 Å². The second-order valence-electron chi connectivity index (χ2n) is 3.58. The van der Waals surface area contributed by atoms with E-state index >= 15 is 0 Å². The maximum Gasteiger partial charge on any atom is 0.133 e. The van der Waals surface area contributed by atoms with Gasteiger partial charge in [-0.15, -0.1) is 0 Å². The van der Waals surface area contributed by atoms with Crippen LogP contribution in [0.3, 0.4) is 0 Å². The third kappa shape index (κ3) is 3.77. The van der Waals surface area contributed by atoms with Gasteiger partial charge in [0.2, 0.25) is 0 Å². The molecule has 1 heteroatoms. The lowest BCUT2D eigenvalue weighted by Gasteiger charge is -2.03. The summed E-state index contributed by atoms with van der Waals surface area (Å²) in [5, 5.41) is 0. The van der Waals surface area contributed by atoms with E-state index in [0.29, 0.717) is 5.92 Å². The highest BCUT2D eigenvalue weighted by Crippen LogP contribution is 2.18. The van der Waals surface area contributed by atoms with E-state index < -0.39 is 0 Å². The maximum atomic E-state index is 5.55. The van der Waals surface area contributed by atoms with Gasteiger partial charge >= 0.3 is 0 Å². The summed E-state index contributed by atoms with van der Waals surface area (Å²) in [4.78, 5) is 0. The molecule has 84 valence electrons. The molecule has 0 amide bonds. The summed E-state index contributed by atoms with van der Waals surface area (Å²) in [6.07, 6.45) is 17.5. The highest BCUT2D eigenvalue weighted by atomic mass is 16.5. The van der Waals surface area contributed by atoms with Gasteiger partial charge in [0.1, 0.15) is 5.76 Å². The normalized spacial score (nSPS) is 20.8. The Hall–Kier alpha value is -1.76. The molecule has 1 aliphatic carbocycles. The summed E-state index contributed by atoms with van der Waals surface area (Å²) < 4.78 is 5.55. The first-order valence-corrected chi connectivity index (χ1v) is 5.45. The average Bonchev–Trinajstić information content (AvgIpc) is 2.46. The fourth-order valence-electron chi connectivity index (χ4n) is 1.30. The average molecular weight is 214 g/mol. The first-order valence-electron chi connectivity index (χ1n) is 5.45. The molecule has 1 rings (SSSR count). The van der Waals surface area contributed by atoms with Gasteiger partial charge in [-0.25, -0.2) is 0 Å². The van der Waals surface area contributed by atoms with Gasteiger partial charge in [-0.2, -0.15) is 0 Å². The van der Waals surface area contributed by atoms with Crippen molar-refractivity contribution in [2.75, 3.05) is 0 Å². The molecule has 1 aliphatic rings. The fourth-order valence-corrected chi connectivity index (χ4v) is 1.30. The Morgan fingerprint density at radius 3 is 2.75 bits per heavy atom. The minimum atomic E-state index is 0.429. The van der Waals surface area contributed by atoms with E-state index in [9.17, 15) is 0 Å². The van der Waals surface area contributed by atoms with E-state index in [2.05, 4.69) is 31.7 Å². The molecular formula is C15H18O. The molecule has 0 bridgehead atoms. The molecule has 0 aromatic carbocycles. The molecule has 0 aliphatic heterocycles. The van der Waals surface area contributed by atoms with Crippen molar-refractivity contribution in [3.05, 3.63) is 72.8 Å². The summed E-state index contributed by atoms with van der Waals surface area (Å²) in [7, 11) is 0. The number of allylic oxidation sites excluding steroid dienone is 9. The van der Waals surface area contributed by atoms with E-state index in [1.165, 1.54) is 0 Å². The molecule has 16 heavy (non-hydrogen) atoms. The third-order valence-electron chi connectivity index (χ3n) is 2.16. The van der Waals surface area contributed by atoms with Crippen molar-refractivity contribution in [1.82, 2.24) is 0 Å². The third-order valence-corrected chi connectivity index (χ3v) is 2.16. The van der Waals surface area contributed by atoms with Gasteiger partial charge in [0, 0.05) is 5.57 Å². The van der Waals surface area contributed by atoms with Crippen LogP contribution in [0, 0.1) is 5.92 Å². The molecule has 1 unspecified atom stereocenters. The molecule has 0 aromatic heterocycles. The Balaban J connectivity index is 3.00. The molecule has 1 atom stereocenters. The highest BCUT2D eigenvalue weighted by Gasteiger charge is 2.03. The van der Waals surface area contributed by atoms with Crippen LogP contribution in [0.1, 0.15) is 13.8 Å². The van der Waals surface area contributed by atoms with E-state index in [-0.39, 0.29) is 0 Å². The molecule has 0 saturated heterocycles. The van der Waals surface area contributed by atoms with Crippen molar-refractivity contribution in [2.45, 2.75) is 13.8 Å². The smallest absolute Gasteiger partial charge is 0.133 e. The van der Waals surface area contributed by atoms with Crippen molar-refractivity contribution < 1.29 is 4.74 Å². The predicted molar refractivity (Wildman–Crippen MR) is 69.7 cm³/mol. The molecule has 0 heterocycles. The minimum Gasteiger partial charge on any atom is -0.465 e. The molecule has 0 spiro atoms. The predicted octanol–water partition coefficient (Wildman–Crippen LogP) is 4.30. The number of hydrogen-bond donors (Lipinski definition) is 0. The van der Waals surface area contributed by atoms with Gasteiger partial charge in [-0.05, 0) is 18.9 Å². The monoisotopic (exact) mass is 214 g/mol. The Morgan fingerprint density at radius 2 is 2.06 bits per heavy atom. The zero-order valence-electron chi connectivity index (χ0n) is 9.89. The van der Waals surface area contributed by atoms with Crippen molar-refractivity contribution in [3.63, 3.8) is 0 Å². The lowest BCUT2D eigenvalue weighted by atomic mass is 10.1. The van der Waals surface area contributed by atoms with Gasteiger partial charge < -0.3 is 4.74 Å². The molecular weight excluding hydrogens is 196 g/mol. The molecule has 0 N–H and O–H groups in total. The van der Waals surface area contributed by atoms with Crippen LogP contribution < -0.4 is 0 Å². The maximum absolute atomic E-state index is 5.55. The summed E-state index contributed by atoms with van der Waals surface area (Å²) in [5.41, 5.74) is 1.05. The van der Waals surface area contributed by atoms with Crippen LogP contribution in [0.25, 0.3) is 0 Å². The second-order valence-corrected chi connectivity index (χ2v) is 3.58. The van der Waals surface area contributed by atoms with E-state index in [0.717, 1.165) is 11.3 Å². The van der Waals surface area contributed by atoms with Crippen LogP contribution in [0.5, 0.6) is 0 Å². The highest BCUT2D eigenvalue weighted by molar-refractivity contribution is 5.41. The van der Waals surface area contributed by atoms with Crippen molar-refractivity contribution in [3.8, 4) is 0 Å². The number of ether oxygens (including phenoxy) is 1. The Bertz CT molecular complexity index is 378. The summed E-state index contributed by atoms with van der Waals surface area (Å²) >= 11 is 0. The van der Waals surface area contributed by atoms with E-state index in [1.54, 1.807) is 12.3 Å². The summed E-state index contributed by atoms with van der Waals surface area (Å²) in [5.74, 6) is 1.29. The fraction of sp³-hybridized carbons (Fsp3) is 0.200. The molecule has 0 saturated carbocycles. The minimum absolute atomic E-state index is 0.429. The SMILES string of the molecule is C=C/C=C/C1=C(O/C=C\C)C=CC(C)C=C1. The van der Waals surface area contributed by atoms with Crippen LogP contribution in [-0.2, 0) is 4.74 Å². The van der Waals surface area contributed by atoms with Crippen molar-refractivity contribution in [2.24, 2.45) is 5.92 Å². The Morgan fingerprint density at radius 1 is 1.31 bits per heavy atom. The van der Waals surface area contributed by atoms with Gasteiger partial charge in [0.05, 0.1) is 6.26 Å². The lowest BCUT2D eigenvalue weighted by molar-refractivity contribution is 0.365. The van der Waals surface area contributed by atoms with Crippen LogP contribution >= 0.6 is 0 Å². The lowest BCUT2D eigenvalue weighted by Crippen LogP contribution is -1.85. The number of rotatable bonds is 4. The van der Waals surface area contributed by atoms with Crippen LogP contribution in [0.4, 0.5) is 0 Å². The summed E-state index contributed by atoms with van der Waals surface area (Å²) in [6.45, 7) is 7.73. The second kappa shape index (κ2) is 6.67. The standard InChI is InChI=1S/C15H18O/c1-4-6-7-14-10-8-13(3)9-11-15(14)16-12-5-2/h4-13H,1H2,2-3H3/b7-6+,12-5-. The Labute approximate surface area is 97.8 Å². The quantitative estimate of drug-likeness (QED) is 0.501. The number of hydrogen-bond acceptors (Lipinski definition) is 1. The zero-order chi connectivity index (χ0) is 11.8. The molecule has 0 fully saturated rings. The topological polar surface area (TPSA) is 9.23 Å². The molecule has 0 radical (unpaired) electrons. The largest absolute Gasteiger partial charge is 0.465 e. The molecule has 1 nitrogen and oxygen atoms in total. The zero-order valence-corrected chi connectivity index (χ0v) is 9.89. The van der Waals surface area contributed by atoms with Gasteiger partial charge in [-0.3, -0.25) is 0 Å². The van der Waals surface area contributed by atoms with E-state index in [4.69, 9.17) is 4.74 Å². The Kier molecular flexibility index (Phi) is 5.13. The van der Waals surface area contributed by atoms with Crippen molar-refractivity contribution >= 4 is 0 Å². The van der Waals surface area contributed by atoms with Crippen LogP contribution in [0.15, 0.2) is 72.8 Å². The summed E-state index contributed by atoms with van der Waals surface area (Å²) in [6, 6.07) is 0. The van der Waals surface area contributed by atoms with E-state index in [1.807, 2.05) is 31.2 Å².